The molecule has 0 saturated heterocycles. The highest BCUT2D eigenvalue weighted by molar-refractivity contribution is 5.24. The first-order valence-electron chi connectivity index (χ1n) is 9.02. The summed E-state index contributed by atoms with van der Waals surface area (Å²) in [7, 11) is 2.22. The molecule has 0 spiro atoms. The predicted octanol–water partition coefficient (Wildman–Crippen LogP) is 1.45. The summed E-state index contributed by atoms with van der Waals surface area (Å²) in [4.78, 5) is 7.36. The lowest BCUT2D eigenvalue weighted by atomic mass is 10.0. The highest BCUT2D eigenvalue weighted by atomic mass is 15.3. The molecule has 0 radical (unpaired) electrons. The third kappa shape index (κ3) is 3.96. The summed E-state index contributed by atoms with van der Waals surface area (Å²) >= 11 is 0. The second-order valence-corrected chi connectivity index (χ2v) is 6.98. The topological polar surface area (TPSA) is 40.4 Å². The van der Waals surface area contributed by atoms with Gasteiger partial charge >= 0.3 is 0 Å². The lowest BCUT2D eigenvalue weighted by Gasteiger charge is -2.42. The van der Waals surface area contributed by atoms with Gasteiger partial charge in [0.05, 0.1) is 13.2 Å². The third-order valence-corrected chi connectivity index (χ3v) is 4.95. The smallest absolute Gasteiger partial charge is 0.131 e. The number of aromatic nitrogens is 3. The molecular weight excluding hydrogens is 324 g/mol. The molecule has 4 rings (SSSR count). The van der Waals surface area contributed by atoms with Crippen molar-refractivity contribution in [2.45, 2.75) is 13.0 Å². The van der Waals surface area contributed by atoms with Crippen LogP contribution in [-0.2, 0) is 6.54 Å². The Bertz CT molecular complexity index is 815. The molecule has 26 heavy (non-hydrogen) atoms. The number of nitrogens with zero attached hydrogens (tertiary/aromatic N) is 6. The van der Waals surface area contributed by atoms with Crippen LogP contribution in [0.3, 0.4) is 0 Å². The van der Waals surface area contributed by atoms with Gasteiger partial charge in [-0.2, -0.15) is 0 Å². The number of hydrogen-bond acceptors (Lipinski definition) is 5. The molecule has 2 aliphatic rings. The quantitative estimate of drug-likeness (QED) is 0.786. The SMILES string of the molecule is CN1CN(Cc2ccccc2)CC2=C1CCN(CC#Cn1cnnc1)C2. The lowest BCUT2D eigenvalue weighted by Crippen LogP contribution is -2.47. The van der Waals surface area contributed by atoms with Gasteiger partial charge in [0.15, 0.2) is 0 Å². The Morgan fingerprint density at radius 2 is 1.81 bits per heavy atom. The summed E-state index contributed by atoms with van der Waals surface area (Å²) in [5.41, 5.74) is 4.43. The van der Waals surface area contributed by atoms with Crippen molar-refractivity contribution in [3.05, 3.63) is 59.8 Å². The molecule has 1 aromatic heterocycles. The number of rotatable bonds is 3. The second kappa shape index (κ2) is 7.73. The molecule has 0 amide bonds. The van der Waals surface area contributed by atoms with Crippen LogP contribution in [0.4, 0.5) is 0 Å². The fourth-order valence-electron chi connectivity index (χ4n) is 3.77. The van der Waals surface area contributed by atoms with Gasteiger partial charge in [-0.3, -0.25) is 9.80 Å². The van der Waals surface area contributed by atoms with Crippen LogP contribution in [0.1, 0.15) is 12.0 Å². The first-order valence-corrected chi connectivity index (χ1v) is 9.02. The van der Waals surface area contributed by atoms with E-state index in [1.165, 1.54) is 16.8 Å². The maximum absolute atomic E-state index is 3.77. The van der Waals surface area contributed by atoms with E-state index in [9.17, 15) is 0 Å². The van der Waals surface area contributed by atoms with E-state index < -0.39 is 0 Å². The first kappa shape index (κ1) is 16.8. The molecule has 0 bridgehead atoms. The predicted molar refractivity (Wildman–Crippen MR) is 101 cm³/mol. The zero-order valence-corrected chi connectivity index (χ0v) is 15.2. The molecule has 1 aromatic carbocycles. The molecule has 3 heterocycles. The monoisotopic (exact) mass is 348 g/mol. The zero-order chi connectivity index (χ0) is 17.8. The lowest BCUT2D eigenvalue weighted by molar-refractivity contribution is 0.137. The van der Waals surface area contributed by atoms with Crippen molar-refractivity contribution in [3.63, 3.8) is 0 Å². The van der Waals surface area contributed by atoms with Crippen molar-refractivity contribution >= 4 is 0 Å². The molecule has 0 unspecified atom stereocenters. The van der Waals surface area contributed by atoms with Crippen molar-refractivity contribution in [1.29, 1.82) is 0 Å². The van der Waals surface area contributed by atoms with Gasteiger partial charge in [0.1, 0.15) is 12.7 Å². The van der Waals surface area contributed by atoms with Gasteiger partial charge in [-0.25, -0.2) is 4.57 Å². The summed E-state index contributed by atoms with van der Waals surface area (Å²) in [6, 6.07) is 13.8. The van der Waals surface area contributed by atoms with E-state index in [1.807, 2.05) is 0 Å². The molecule has 0 saturated carbocycles. The minimum Gasteiger partial charge on any atom is -0.365 e. The molecular formula is C20H24N6. The summed E-state index contributed by atoms with van der Waals surface area (Å²) < 4.78 is 1.70. The zero-order valence-electron chi connectivity index (χ0n) is 15.2. The molecule has 134 valence electrons. The minimum absolute atomic E-state index is 0.775. The minimum atomic E-state index is 0.775. The Kier molecular flexibility index (Phi) is 5.00. The molecule has 0 fully saturated rings. The van der Waals surface area contributed by atoms with Crippen LogP contribution in [-0.4, -0.2) is 69.4 Å². The van der Waals surface area contributed by atoms with E-state index in [1.54, 1.807) is 17.2 Å². The van der Waals surface area contributed by atoms with Gasteiger partial charge in [-0.1, -0.05) is 36.3 Å². The van der Waals surface area contributed by atoms with E-state index in [-0.39, 0.29) is 0 Å². The van der Waals surface area contributed by atoms with E-state index >= 15 is 0 Å². The summed E-state index contributed by atoms with van der Waals surface area (Å²) in [5.74, 6) is 3.22. The molecule has 6 heteroatoms. The van der Waals surface area contributed by atoms with Crippen molar-refractivity contribution in [3.8, 4) is 12.0 Å². The Morgan fingerprint density at radius 3 is 2.62 bits per heavy atom. The van der Waals surface area contributed by atoms with Gasteiger partial charge in [0.2, 0.25) is 0 Å². The molecule has 0 atom stereocenters. The van der Waals surface area contributed by atoms with Crippen LogP contribution in [0, 0.1) is 12.0 Å². The Hall–Kier alpha value is -2.62. The fraction of sp³-hybridized carbons (Fsp3) is 0.400. The van der Waals surface area contributed by atoms with Crippen LogP contribution >= 0.6 is 0 Å². The van der Waals surface area contributed by atoms with E-state index in [2.05, 4.69) is 74.2 Å². The third-order valence-electron chi connectivity index (χ3n) is 4.95. The van der Waals surface area contributed by atoms with Crippen molar-refractivity contribution in [2.75, 3.05) is 39.9 Å². The molecule has 2 aromatic rings. The Morgan fingerprint density at radius 1 is 1.04 bits per heavy atom. The molecule has 6 nitrogen and oxygen atoms in total. The summed E-state index contributed by atoms with van der Waals surface area (Å²) in [5, 5.41) is 7.54. The van der Waals surface area contributed by atoms with Crippen molar-refractivity contribution in [1.82, 2.24) is 29.5 Å². The van der Waals surface area contributed by atoms with Gasteiger partial charge < -0.3 is 4.90 Å². The average molecular weight is 348 g/mol. The standard InChI is InChI=1S/C20H24N6/c1-23-17-26(12-18-6-3-2-4-7-18)14-19-13-24(11-8-20(19)23)9-5-10-25-15-21-22-16-25/h2-4,6-7,15-16H,8-9,11-14,17H2,1H3. The van der Waals surface area contributed by atoms with Crippen LogP contribution in [0.2, 0.25) is 0 Å². The first-order chi connectivity index (χ1) is 12.8. The normalized spacial score (nSPS) is 18.4. The van der Waals surface area contributed by atoms with Gasteiger partial charge in [0.25, 0.3) is 0 Å². The van der Waals surface area contributed by atoms with Crippen LogP contribution in [0.15, 0.2) is 54.3 Å². The van der Waals surface area contributed by atoms with Gasteiger partial charge in [0, 0.05) is 51.4 Å². The summed E-state index contributed by atoms with van der Waals surface area (Å²) in [6.07, 6.45) is 4.36. The van der Waals surface area contributed by atoms with Crippen LogP contribution in [0.5, 0.6) is 0 Å². The maximum Gasteiger partial charge on any atom is 0.131 e. The van der Waals surface area contributed by atoms with Crippen molar-refractivity contribution < 1.29 is 0 Å². The van der Waals surface area contributed by atoms with Crippen molar-refractivity contribution in [2.24, 2.45) is 0 Å². The Balaban J connectivity index is 1.38. The molecule has 0 aliphatic carbocycles. The largest absolute Gasteiger partial charge is 0.365 e. The van der Waals surface area contributed by atoms with E-state index in [0.717, 1.165) is 45.8 Å². The fourth-order valence-corrected chi connectivity index (χ4v) is 3.77. The van der Waals surface area contributed by atoms with E-state index in [4.69, 9.17) is 0 Å². The second-order valence-electron chi connectivity index (χ2n) is 6.98. The highest BCUT2D eigenvalue weighted by Crippen LogP contribution is 2.26. The Labute approximate surface area is 154 Å². The molecule has 2 aliphatic heterocycles. The average Bonchev–Trinajstić information content (AvgIpc) is 3.16. The van der Waals surface area contributed by atoms with Crippen LogP contribution in [0.25, 0.3) is 0 Å². The number of benzene rings is 1. The summed E-state index contributed by atoms with van der Waals surface area (Å²) in [6.45, 7) is 5.89. The van der Waals surface area contributed by atoms with Crippen LogP contribution < -0.4 is 0 Å². The maximum atomic E-state index is 3.77. The van der Waals surface area contributed by atoms with E-state index in [0.29, 0.717) is 0 Å². The molecule has 0 N–H and O–H groups in total. The number of hydrogen-bond donors (Lipinski definition) is 0. The highest BCUT2D eigenvalue weighted by Gasteiger charge is 2.27. The van der Waals surface area contributed by atoms with Gasteiger partial charge in [-0.15, -0.1) is 10.2 Å². The van der Waals surface area contributed by atoms with Gasteiger partial charge in [-0.05, 0) is 11.1 Å².